The lowest BCUT2D eigenvalue weighted by atomic mass is 9.73. The predicted octanol–water partition coefficient (Wildman–Crippen LogP) is 5.96. The molecule has 2 aromatic carbocycles. The Balaban J connectivity index is 1.35. The number of fused-ring (bicyclic) bond motifs is 1. The number of ether oxygens (including phenoxy) is 1. The molecular weight excluding hydrogens is 481 g/mol. The molecule has 1 saturated heterocycles. The molecule has 2 aliphatic heterocycles. The normalized spacial score (nSPS) is 18.8. The smallest absolute Gasteiger partial charge is 0.259 e. The fourth-order valence-electron chi connectivity index (χ4n) is 6.12. The number of carbonyl (C=O) groups excluding carboxylic acids is 1. The highest BCUT2D eigenvalue weighted by Crippen LogP contribution is 2.39. The van der Waals surface area contributed by atoms with Gasteiger partial charge in [0.25, 0.3) is 5.91 Å². The van der Waals surface area contributed by atoms with Crippen molar-refractivity contribution in [1.82, 2.24) is 15.0 Å². The Kier molecular flexibility index (Phi) is 8.12. The summed E-state index contributed by atoms with van der Waals surface area (Å²) < 4.78 is 26.1. The first kappa shape index (κ1) is 26.4. The number of amides is 1. The summed E-state index contributed by atoms with van der Waals surface area (Å²) in [5.41, 5.74) is 3.27. The summed E-state index contributed by atoms with van der Waals surface area (Å²) in [6.07, 6.45) is 6.15. The van der Waals surface area contributed by atoms with E-state index in [-0.39, 0.29) is 17.1 Å². The second-order valence-corrected chi connectivity index (χ2v) is 11.0. The van der Waals surface area contributed by atoms with Crippen molar-refractivity contribution in [3.8, 4) is 5.75 Å². The molecule has 1 fully saturated rings. The van der Waals surface area contributed by atoms with Crippen LogP contribution < -0.4 is 4.74 Å². The Morgan fingerprint density at radius 3 is 2.53 bits per heavy atom. The minimum atomic E-state index is -0.168. The van der Waals surface area contributed by atoms with Gasteiger partial charge < -0.3 is 14.2 Å². The van der Waals surface area contributed by atoms with Crippen molar-refractivity contribution in [2.75, 3.05) is 32.8 Å². The van der Waals surface area contributed by atoms with Crippen LogP contribution in [0.25, 0.3) is 0 Å². The third kappa shape index (κ3) is 5.93. The van der Waals surface area contributed by atoms with Crippen molar-refractivity contribution in [3.05, 3.63) is 82.5 Å². The Morgan fingerprint density at radius 2 is 1.76 bits per heavy atom. The third-order valence-electron chi connectivity index (χ3n) is 8.31. The monoisotopic (exact) mass is 519 g/mol. The van der Waals surface area contributed by atoms with Crippen LogP contribution in [0.15, 0.2) is 53.1 Å². The summed E-state index contributed by atoms with van der Waals surface area (Å²) in [4.78, 5) is 17.6. The largest absolute Gasteiger partial charge is 0.492 e. The molecule has 0 bridgehead atoms. The lowest BCUT2D eigenvalue weighted by Crippen LogP contribution is -2.48. The summed E-state index contributed by atoms with van der Waals surface area (Å²) in [6.45, 7) is 7.70. The van der Waals surface area contributed by atoms with Gasteiger partial charge in [-0.15, -0.1) is 0 Å². The number of piperidine rings is 1. The second kappa shape index (κ2) is 11.7. The van der Waals surface area contributed by atoms with E-state index in [0.717, 1.165) is 50.8 Å². The Morgan fingerprint density at radius 1 is 1.00 bits per heavy atom. The second-order valence-electron chi connectivity index (χ2n) is 11.0. The molecule has 7 heteroatoms. The average molecular weight is 520 g/mol. The Labute approximate surface area is 224 Å². The quantitative estimate of drug-likeness (QED) is 0.427. The zero-order valence-electron chi connectivity index (χ0n) is 22.5. The topological polar surface area (TPSA) is 58.8 Å². The number of halogens is 1. The zero-order chi connectivity index (χ0) is 26.5. The minimum Gasteiger partial charge on any atom is -0.492 e. The standard InChI is InChI=1S/C31H38FN3O3/c1-23-29(24(2)38-33-23)30(36)35-17-15-31(16-18-35)14-8-7-10-25-9-4-6-13-28(25)37-20-19-34(22-31)21-26-11-3-5-12-27(26)32/h3-6,9,11-13H,7-8,10,14-22H2,1-2H3. The van der Waals surface area contributed by atoms with Crippen LogP contribution in [-0.2, 0) is 13.0 Å². The van der Waals surface area contributed by atoms with Gasteiger partial charge in [0.15, 0.2) is 0 Å². The van der Waals surface area contributed by atoms with Crippen LogP contribution in [0.2, 0.25) is 0 Å². The first-order valence-electron chi connectivity index (χ1n) is 13.8. The zero-order valence-corrected chi connectivity index (χ0v) is 22.5. The van der Waals surface area contributed by atoms with E-state index in [1.807, 2.05) is 30.0 Å². The molecule has 0 N–H and O–H groups in total. The molecule has 0 radical (unpaired) electrons. The van der Waals surface area contributed by atoms with Gasteiger partial charge in [-0.05, 0) is 69.1 Å². The van der Waals surface area contributed by atoms with E-state index in [4.69, 9.17) is 9.26 Å². The van der Waals surface area contributed by atoms with Gasteiger partial charge >= 0.3 is 0 Å². The first-order valence-corrected chi connectivity index (χ1v) is 13.8. The van der Waals surface area contributed by atoms with E-state index in [1.165, 1.54) is 11.6 Å². The van der Waals surface area contributed by atoms with Crippen LogP contribution in [0.1, 0.15) is 65.0 Å². The van der Waals surface area contributed by atoms with Gasteiger partial charge in [-0.1, -0.05) is 48.0 Å². The molecule has 0 atom stereocenters. The number of carbonyl (C=O) groups is 1. The number of para-hydroxylation sites is 1. The van der Waals surface area contributed by atoms with Crippen LogP contribution in [0.4, 0.5) is 4.39 Å². The van der Waals surface area contributed by atoms with Crippen molar-refractivity contribution in [1.29, 1.82) is 0 Å². The summed E-state index contributed by atoms with van der Waals surface area (Å²) in [5.74, 6) is 1.38. The molecule has 0 unspecified atom stereocenters. The predicted molar refractivity (Wildman–Crippen MR) is 145 cm³/mol. The van der Waals surface area contributed by atoms with Gasteiger partial charge in [-0.2, -0.15) is 0 Å². The van der Waals surface area contributed by atoms with E-state index in [1.54, 1.807) is 13.0 Å². The number of rotatable bonds is 3. The van der Waals surface area contributed by atoms with Gasteiger partial charge in [0.2, 0.25) is 0 Å². The van der Waals surface area contributed by atoms with E-state index >= 15 is 0 Å². The molecule has 0 aliphatic carbocycles. The molecular formula is C31H38FN3O3. The highest BCUT2D eigenvalue weighted by molar-refractivity contribution is 5.96. The molecule has 38 heavy (non-hydrogen) atoms. The maximum absolute atomic E-state index is 14.6. The summed E-state index contributed by atoms with van der Waals surface area (Å²) in [6, 6.07) is 15.4. The van der Waals surface area contributed by atoms with E-state index < -0.39 is 0 Å². The lowest BCUT2D eigenvalue weighted by molar-refractivity contribution is 0.0357. The van der Waals surface area contributed by atoms with Crippen molar-refractivity contribution >= 4 is 5.91 Å². The molecule has 202 valence electrons. The fraction of sp³-hybridized carbons (Fsp3) is 0.484. The third-order valence-corrected chi connectivity index (χ3v) is 8.31. The highest BCUT2D eigenvalue weighted by atomic mass is 19.1. The number of hydrogen-bond donors (Lipinski definition) is 0. The minimum absolute atomic E-state index is 0.0115. The maximum atomic E-state index is 14.6. The molecule has 5 rings (SSSR count). The Hall–Kier alpha value is -3.19. The van der Waals surface area contributed by atoms with Crippen molar-refractivity contribution in [2.24, 2.45) is 5.41 Å². The number of benzene rings is 2. The summed E-state index contributed by atoms with van der Waals surface area (Å²) >= 11 is 0. The number of hydrogen-bond acceptors (Lipinski definition) is 5. The number of aryl methyl sites for hydroxylation is 3. The van der Waals surface area contributed by atoms with Crippen LogP contribution in [0.3, 0.4) is 0 Å². The van der Waals surface area contributed by atoms with Gasteiger partial charge in [-0.25, -0.2) is 4.39 Å². The van der Waals surface area contributed by atoms with Gasteiger partial charge in [0, 0.05) is 38.3 Å². The van der Waals surface area contributed by atoms with Gasteiger partial charge in [0.1, 0.15) is 29.5 Å². The highest BCUT2D eigenvalue weighted by Gasteiger charge is 2.38. The van der Waals surface area contributed by atoms with Gasteiger partial charge in [0.05, 0.1) is 5.69 Å². The molecule has 1 amide bonds. The van der Waals surface area contributed by atoms with Gasteiger partial charge in [-0.3, -0.25) is 9.69 Å². The Bertz CT molecular complexity index is 1230. The van der Waals surface area contributed by atoms with Crippen LogP contribution in [0.5, 0.6) is 5.75 Å². The molecule has 3 aromatic rings. The maximum Gasteiger partial charge on any atom is 0.259 e. The molecule has 3 heterocycles. The van der Waals surface area contributed by atoms with Crippen LogP contribution >= 0.6 is 0 Å². The van der Waals surface area contributed by atoms with E-state index in [2.05, 4.69) is 28.3 Å². The van der Waals surface area contributed by atoms with Crippen LogP contribution in [0, 0.1) is 25.1 Å². The SMILES string of the molecule is Cc1noc(C)c1C(=O)N1CCC2(CCCCc3ccccc3OCCN(Cc3ccccc3F)C2)CC1. The number of nitrogens with zero attached hydrogens (tertiary/aromatic N) is 3. The van der Waals surface area contributed by atoms with Crippen molar-refractivity contribution in [2.45, 2.75) is 58.9 Å². The fourth-order valence-corrected chi connectivity index (χ4v) is 6.12. The summed E-state index contributed by atoms with van der Waals surface area (Å²) in [5, 5.41) is 3.98. The lowest BCUT2D eigenvalue weighted by Gasteiger charge is -2.45. The number of aromatic nitrogens is 1. The van der Waals surface area contributed by atoms with Crippen molar-refractivity contribution in [3.63, 3.8) is 0 Å². The molecule has 1 spiro atoms. The summed E-state index contributed by atoms with van der Waals surface area (Å²) in [7, 11) is 0. The molecule has 6 nitrogen and oxygen atoms in total. The van der Waals surface area contributed by atoms with Crippen molar-refractivity contribution < 1.29 is 18.4 Å². The first-order chi connectivity index (χ1) is 18.4. The average Bonchev–Trinajstić information content (AvgIpc) is 3.25. The molecule has 0 saturated carbocycles. The number of likely N-dealkylation sites (tertiary alicyclic amines) is 1. The van der Waals surface area contributed by atoms with E-state index in [9.17, 15) is 9.18 Å². The molecule has 1 aromatic heterocycles. The molecule has 2 aliphatic rings. The van der Waals surface area contributed by atoms with Crippen LogP contribution in [-0.4, -0.2) is 53.6 Å². The van der Waals surface area contributed by atoms with E-state index in [0.29, 0.717) is 55.4 Å².